The number of nitrogens with zero attached hydrogens (tertiary/aromatic N) is 1. The molecule has 0 fully saturated rings. The Morgan fingerprint density at radius 1 is 0.940 bits per heavy atom. The van der Waals surface area contributed by atoms with Crippen LogP contribution in [0.2, 0.25) is 0 Å². The Labute approximate surface area is 298 Å². The first-order valence-corrected chi connectivity index (χ1v) is 18.7. The molecule has 6 heteroatoms. The van der Waals surface area contributed by atoms with Crippen LogP contribution in [0, 0.1) is 17.2 Å². The second-order valence-electron chi connectivity index (χ2n) is 13.6. The van der Waals surface area contributed by atoms with E-state index in [0.29, 0.717) is 5.56 Å². The zero-order chi connectivity index (χ0) is 34.0. The summed E-state index contributed by atoms with van der Waals surface area (Å²) >= 11 is 1.72. The number of benzene rings is 3. The minimum absolute atomic E-state index is 0.0813. The van der Waals surface area contributed by atoms with Crippen molar-refractivity contribution in [2.75, 3.05) is 0 Å². The summed E-state index contributed by atoms with van der Waals surface area (Å²) in [6.07, 6.45) is 26.1. The van der Waals surface area contributed by atoms with E-state index in [9.17, 15) is 0 Å². The van der Waals surface area contributed by atoms with Gasteiger partial charge in [-0.25, -0.2) is 0 Å². The van der Waals surface area contributed by atoms with Crippen LogP contribution in [0.25, 0.3) is 34.2 Å². The Morgan fingerprint density at radius 2 is 1.82 bits per heavy atom. The minimum Gasteiger partial charge on any atom is -0.456 e. The van der Waals surface area contributed by atoms with Gasteiger partial charge in [-0.3, -0.25) is 5.32 Å². The fourth-order valence-electron chi connectivity index (χ4n) is 7.48. The smallest absolute Gasteiger partial charge is 0.135 e. The van der Waals surface area contributed by atoms with E-state index in [4.69, 9.17) is 15.4 Å². The van der Waals surface area contributed by atoms with Crippen LogP contribution in [-0.2, 0) is 0 Å². The van der Waals surface area contributed by atoms with E-state index in [1.165, 1.54) is 22.1 Å². The number of fused-ring (bicyclic) bond motifs is 3. The van der Waals surface area contributed by atoms with Gasteiger partial charge in [0.15, 0.2) is 0 Å². The monoisotopic (exact) mass is 674 g/mol. The molecule has 1 aliphatic heterocycles. The predicted octanol–water partition coefficient (Wildman–Crippen LogP) is 8.33. The predicted molar refractivity (Wildman–Crippen MR) is 207 cm³/mol. The van der Waals surface area contributed by atoms with Gasteiger partial charge >= 0.3 is 0 Å². The zero-order valence-electron chi connectivity index (χ0n) is 28.3. The minimum atomic E-state index is -0.181. The molecule has 250 valence electrons. The molecule has 0 bridgehead atoms. The number of hydrogen-bond acceptors (Lipinski definition) is 6. The van der Waals surface area contributed by atoms with Gasteiger partial charge in [0.25, 0.3) is 0 Å². The highest BCUT2D eigenvalue weighted by Crippen LogP contribution is 2.38. The van der Waals surface area contributed by atoms with E-state index < -0.39 is 0 Å². The third-order valence-corrected chi connectivity index (χ3v) is 11.5. The maximum absolute atomic E-state index is 9.14. The highest BCUT2D eigenvalue weighted by molar-refractivity contribution is 7.99. The molecule has 8 rings (SSSR count). The molecular formula is C44H42N4OS. The molecular weight excluding hydrogens is 633 g/mol. The number of nitrogens with two attached hydrogens (primary N) is 1. The number of rotatable bonds is 8. The van der Waals surface area contributed by atoms with E-state index in [2.05, 4.69) is 121 Å². The van der Waals surface area contributed by atoms with Crippen LogP contribution in [0.5, 0.6) is 0 Å². The van der Waals surface area contributed by atoms with Crippen LogP contribution in [-0.4, -0.2) is 12.2 Å². The Hall–Kier alpha value is -4.80. The topological polar surface area (TPSA) is 87.0 Å². The van der Waals surface area contributed by atoms with E-state index in [1.807, 2.05) is 24.3 Å². The molecule has 50 heavy (non-hydrogen) atoms. The van der Waals surface area contributed by atoms with Crippen LogP contribution in [0.15, 0.2) is 131 Å². The molecule has 0 saturated heterocycles. The summed E-state index contributed by atoms with van der Waals surface area (Å²) in [5, 5.41) is 19.2. The van der Waals surface area contributed by atoms with Gasteiger partial charge in [0.1, 0.15) is 17.2 Å². The van der Waals surface area contributed by atoms with Crippen molar-refractivity contribution in [1.82, 2.24) is 10.6 Å². The van der Waals surface area contributed by atoms with Crippen LogP contribution in [0.3, 0.4) is 0 Å². The van der Waals surface area contributed by atoms with Crippen LogP contribution < -0.4 is 27.0 Å². The van der Waals surface area contributed by atoms with E-state index in [1.54, 1.807) is 11.8 Å². The Balaban J connectivity index is 1.05. The Kier molecular flexibility index (Phi) is 9.21. The van der Waals surface area contributed by atoms with E-state index in [0.717, 1.165) is 70.7 Å². The van der Waals surface area contributed by atoms with Crippen molar-refractivity contribution in [1.29, 1.82) is 5.26 Å². The van der Waals surface area contributed by atoms with Crippen LogP contribution in [0.4, 0.5) is 0 Å². The molecule has 4 aliphatic rings. The highest BCUT2D eigenvalue weighted by Gasteiger charge is 2.29. The summed E-state index contributed by atoms with van der Waals surface area (Å²) in [6, 6.07) is 25.2. The average molecular weight is 675 g/mol. The molecule has 0 amide bonds. The van der Waals surface area contributed by atoms with Crippen molar-refractivity contribution in [2.45, 2.75) is 61.9 Å². The lowest BCUT2D eigenvalue weighted by Crippen LogP contribution is -2.53. The average Bonchev–Trinajstić information content (AvgIpc) is 3.55. The van der Waals surface area contributed by atoms with Gasteiger partial charge in [0.05, 0.1) is 23.0 Å². The first-order chi connectivity index (χ1) is 24.5. The SMILES string of the molecule is CC(SC(N)c1cccc(-c2ccc3oc4c(c3c2)=CCC(C2=CC(C3=CC=CCC3)NC(C3=CCCC=C3)N2)C=4)c1)c1ccc(C#N)cc1. The largest absolute Gasteiger partial charge is 0.456 e. The summed E-state index contributed by atoms with van der Waals surface area (Å²) in [4.78, 5) is 0. The molecule has 1 aromatic heterocycles. The summed E-state index contributed by atoms with van der Waals surface area (Å²) in [5.41, 5.74) is 17.8. The quantitative estimate of drug-likeness (QED) is 0.163. The van der Waals surface area contributed by atoms with Gasteiger partial charge in [0.2, 0.25) is 0 Å². The van der Waals surface area contributed by atoms with Gasteiger partial charge in [-0.1, -0.05) is 78.9 Å². The number of hydrogen-bond donors (Lipinski definition) is 3. The van der Waals surface area contributed by atoms with Crippen molar-refractivity contribution in [3.8, 4) is 17.2 Å². The maximum Gasteiger partial charge on any atom is 0.135 e. The molecule has 3 aliphatic carbocycles. The number of thioether (sulfide) groups is 1. The van der Waals surface area contributed by atoms with Crippen molar-refractivity contribution >= 4 is 34.9 Å². The molecule has 5 nitrogen and oxygen atoms in total. The summed E-state index contributed by atoms with van der Waals surface area (Å²) in [5.74, 6) is 0.213. The third-order valence-electron chi connectivity index (χ3n) is 10.3. The van der Waals surface area contributed by atoms with E-state index in [-0.39, 0.29) is 28.7 Å². The van der Waals surface area contributed by atoms with Gasteiger partial charge in [-0.15, -0.1) is 11.8 Å². The highest BCUT2D eigenvalue weighted by atomic mass is 32.2. The van der Waals surface area contributed by atoms with Crippen molar-refractivity contribution in [3.63, 3.8) is 0 Å². The molecule has 0 saturated carbocycles. The number of allylic oxidation sites excluding steroid dienone is 6. The van der Waals surface area contributed by atoms with Gasteiger partial charge < -0.3 is 15.5 Å². The first-order valence-electron chi connectivity index (χ1n) is 17.7. The first kappa shape index (κ1) is 32.4. The summed E-state index contributed by atoms with van der Waals surface area (Å²) in [7, 11) is 0. The normalized spacial score (nSPS) is 22.5. The van der Waals surface area contributed by atoms with Crippen molar-refractivity contribution in [3.05, 3.63) is 153 Å². The van der Waals surface area contributed by atoms with Crippen molar-refractivity contribution < 1.29 is 4.42 Å². The molecule has 5 atom stereocenters. The molecule has 4 N–H and O–H groups in total. The number of nitriles is 1. The molecule has 4 aromatic rings. The Morgan fingerprint density at radius 3 is 2.62 bits per heavy atom. The summed E-state index contributed by atoms with van der Waals surface area (Å²) in [6.45, 7) is 2.16. The Bertz CT molecular complexity index is 2250. The fourth-order valence-corrected chi connectivity index (χ4v) is 8.54. The molecule has 0 radical (unpaired) electrons. The second kappa shape index (κ2) is 14.2. The van der Waals surface area contributed by atoms with Crippen LogP contribution in [0.1, 0.15) is 66.3 Å². The van der Waals surface area contributed by atoms with Gasteiger partial charge in [-0.2, -0.15) is 5.26 Å². The van der Waals surface area contributed by atoms with Gasteiger partial charge in [-0.05, 0) is 115 Å². The standard InChI is InChI=1S/C44H42N4OS/c1-28(30-17-15-29(27-45)16-18-30)50-43(46)36-14-8-13-33(23-36)34-20-22-41-38(24-34)37-21-19-35(25-42(37)49-41)40-26-39(31-9-4-2-5-10-31)47-44(48-40)32-11-6-3-7-12-32/h2,4,6,8-9,11-18,20-26,28,35,39,43-44,47-48H,3,5,7,10,19,46H2,1H3. The fraction of sp³-hybridized carbons (Fsp3) is 0.250. The zero-order valence-corrected chi connectivity index (χ0v) is 29.1. The maximum atomic E-state index is 9.14. The molecule has 3 aromatic carbocycles. The lowest BCUT2D eigenvalue weighted by Gasteiger charge is -2.37. The lowest BCUT2D eigenvalue weighted by atomic mass is 9.89. The molecule has 5 unspecified atom stereocenters. The van der Waals surface area contributed by atoms with E-state index >= 15 is 0 Å². The van der Waals surface area contributed by atoms with Gasteiger partial charge in [0, 0.05) is 27.5 Å². The molecule has 0 spiro atoms. The third kappa shape index (κ3) is 6.69. The summed E-state index contributed by atoms with van der Waals surface area (Å²) < 4.78 is 6.51. The number of furan rings is 1. The lowest BCUT2D eigenvalue weighted by molar-refractivity contribution is 0.443. The van der Waals surface area contributed by atoms with Crippen molar-refractivity contribution in [2.24, 2.45) is 11.7 Å². The second-order valence-corrected chi connectivity index (χ2v) is 15.1. The van der Waals surface area contributed by atoms with Crippen LogP contribution >= 0.6 is 11.8 Å². The number of nitrogens with one attached hydrogen (secondary N) is 2. The molecule has 2 heterocycles.